The van der Waals surface area contributed by atoms with E-state index in [1.165, 1.54) is 6.07 Å². The zero-order chi connectivity index (χ0) is 12.6. The summed E-state index contributed by atoms with van der Waals surface area (Å²) in [5.74, 6) is 0.919. The third-order valence-corrected chi connectivity index (χ3v) is 3.12. The molecular formula is C12H15ClO4. The van der Waals surface area contributed by atoms with E-state index in [-0.39, 0.29) is 17.4 Å². The average molecular weight is 259 g/mol. The molecular weight excluding hydrogens is 244 g/mol. The van der Waals surface area contributed by atoms with Crippen molar-refractivity contribution in [3.8, 4) is 17.2 Å². The molecule has 4 nitrogen and oxygen atoms in total. The molecule has 1 aliphatic heterocycles. The molecule has 5 heteroatoms. The van der Waals surface area contributed by atoms with Gasteiger partial charge in [0.2, 0.25) is 0 Å². The van der Waals surface area contributed by atoms with Crippen LogP contribution in [-0.2, 0) is 5.41 Å². The number of benzene rings is 1. The minimum atomic E-state index is -0.653. The van der Waals surface area contributed by atoms with Crippen molar-refractivity contribution in [3.05, 3.63) is 16.7 Å². The predicted molar refractivity (Wildman–Crippen MR) is 64.2 cm³/mol. The van der Waals surface area contributed by atoms with Gasteiger partial charge in [-0.3, -0.25) is 0 Å². The number of phenolic OH excluding ortho intramolecular Hbond substituents is 1. The molecule has 1 aromatic rings. The van der Waals surface area contributed by atoms with Crippen molar-refractivity contribution < 1.29 is 19.7 Å². The van der Waals surface area contributed by atoms with Crippen LogP contribution in [0.4, 0.5) is 0 Å². The Hall–Kier alpha value is -1.13. The van der Waals surface area contributed by atoms with Gasteiger partial charge in [-0.1, -0.05) is 25.4 Å². The highest BCUT2D eigenvalue weighted by Crippen LogP contribution is 2.48. The van der Waals surface area contributed by atoms with Crippen molar-refractivity contribution in [2.75, 3.05) is 19.8 Å². The molecule has 0 amide bonds. The quantitative estimate of drug-likeness (QED) is 0.853. The van der Waals surface area contributed by atoms with E-state index in [9.17, 15) is 10.2 Å². The molecule has 94 valence electrons. The normalized spacial score (nSPS) is 14.8. The molecule has 17 heavy (non-hydrogen) atoms. The number of rotatable bonds is 2. The van der Waals surface area contributed by atoms with E-state index in [1.807, 2.05) is 0 Å². The number of hydrogen-bond acceptors (Lipinski definition) is 4. The molecule has 0 aliphatic carbocycles. The molecule has 0 atom stereocenters. The van der Waals surface area contributed by atoms with Gasteiger partial charge < -0.3 is 19.7 Å². The third kappa shape index (κ3) is 2.03. The summed E-state index contributed by atoms with van der Waals surface area (Å²) in [4.78, 5) is 0. The summed E-state index contributed by atoms with van der Waals surface area (Å²) in [6, 6.07) is 1.53. The number of aliphatic hydroxyl groups excluding tert-OH is 1. The van der Waals surface area contributed by atoms with Gasteiger partial charge in [0, 0.05) is 17.0 Å². The standard InChI is InChI=1S/C12H15ClO4/c1-12(2,6-14)9-10(15)7(13)5-8-11(9)17-4-3-16-8/h5,14-15H,3-4,6H2,1-2H3. The first kappa shape index (κ1) is 12.3. The topological polar surface area (TPSA) is 58.9 Å². The Morgan fingerprint density at radius 1 is 1.35 bits per heavy atom. The van der Waals surface area contributed by atoms with Crippen LogP contribution in [0, 0.1) is 0 Å². The van der Waals surface area contributed by atoms with Gasteiger partial charge in [0.25, 0.3) is 0 Å². The number of aromatic hydroxyl groups is 1. The number of halogens is 1. The highest BCUT2D eigenvalue weighted by atomic mass is 35.5. The number of ether oxygens (including phenoxy) is 2. The molecule has 2 N–H and O–H groups in total. The molecule has 1 heterocycles. The number of hydrogen-bond donors (Lipinski definition) is 2. The van der Waals surface area contributed by atoms with Crippen LogP contribution in [0.1, 0.15) is 19.4 Å². The molecule has 0 aromatic heterocycles. The molecule has 0 fully saturated rings. The second kappa shape index (κ2) is 4.27. The summed E-state index contributed by atoms with van der Waals surface area (Å²) in [5, 5.41) is 19.7. The molecule has 0 saturated carbocycles. The molecule has 1 aliphatic rings. The maximum absolute atomic E-state index is 10.0. The van der Waals surface area contributed by atoms with Crippen molar-refractivity contribution in [2.24, 2.45) is 0 Å². The number of fused-ring (bicyclic) bond motifs is 1. The van der Waals surface area contributed by atoms with Crippen LogP contribution in [0.3, 0.4) is 0 Å². The maximum Gasteiger partial charge on any atom is 0.168 e. The molecule has 0 radical (unpaired) electrons. The van der Waals surface area contributed by atoms with E-state index in [1.54, 1.807) is 13.8 Å². The van der Waals surface area contributed by atoms with Crippen molar-refractivity contribution in [1.29, 1.82) is 0 Å². The van der Waals surface area contributed by atoms with Gasteiger partial charge >= 0.3 is 0 Å². The van der Waals surface area contributed by atoms with Crippen molar-refractivity contribution in [1.82, 2.24) is 0 Å². The van der Waals surface area contributed by atoms with Crippen LogP contribution < -0.4 is 9.47 Å². The first-order valence-corrected chi connectivity index (χ1v) is 5.77. The van der Waals surface area contributed by atoms with Gasteiger partial charge in [-0.25, -0.2) is 0 Å². The summed E-state index contributed by atoms with van der Waals surface area (Å²) >= 11 is 5.95. The van der Waals surface area contributed by atoms with Gasteiger partial charge in [0.1, 0.15) is 19.0 Å². The molecule has 2 rings (SSSR count). The minimum Gasteiger partial charge on any atom is -0.506 e. The second-order valence-electron chi connectivity index (χ2n) is 4.65. The van der Waals surface area contributed by atoms with Crippen molar-refractivity contribution in [3.63, 3.8) is 0 Å². The van der Waals surface area contributed by atoms with E-state index in [4.69, 9.17) is 21.1 Å². The molecule has 0 spiro atoms. The Kier molecular flexibility index (Phi) is 3.10. The van der Waals surface area contributed by atoms with Gasteiger partial charge in [-0.05, 0) is 0 Å². The minimum absolute atomic E-state index is 0.0602. The van der Waals surface area contributed by atoms with E-state index in [0.717, 1.165) is 0 Å². The lowest BCUT2D eigenvalue weighted by Crippen LogP contribution is -2.26. The van der Waals surface area contributed by atoms with Crippen molar-refractivity contribution >= 4 is 11.6 Å². The molecule has 0 unspecified atom stereocenters. The summed E-state index contributed by atoms with van der Waals surface area (Å²) < 4.78 is 11.0. The van der Waals surface area contributed by atoms with Crippen LogP contribution >= 0.6 is 11.6 Å². The van der Waals surface area contributed by atoms with Gasteiger partial charge in [0.15, 0.2) is 11.5 Å². The molecule has 0 saturated heterocycles. The van der Waals surface area contributed by atoms with Crippen LogP contribution in [0.15, 0.2) is 6.07 Å². The summed E-state index contributed by atoms with van der Waals surface area (Å²) in [5.41, 5.74) is -0.165. The van der Waals surface area contributed by atoms with Crippen LogP contribution in [0.5, 0.6) is 17.2 Å². The Balaban J connectivity index is 2.67. The fourth-order valence-electron chi connectivity index (χ4n) is 1.85. The lowest BCUT2D eigenvalue weighted by atomic mass is 9.84. The zero-order valence-corrected chi connectivity index (χ0v) is 10.5. The SMILES string of the molecule is CC(C)(CO)c1c(O)c(Cl)cc2c1OCCO2. The van der Waals surface area contributed by atoms with Crippen LogP contribution in [-0.4, -0.2) is 30.0 Å². The first-order valence-electron chi connectivity index (χ1n) is 5.40. The molecule has 1 aromatic carbocycles. The Bertz CT molecular complexity index is 443. The summed E-state index contributed by atoms with van der Waals surface area (Å²) in [7, 11) is 0. The molecule has 0 bridgehead atoms. The van der Waals surface area contributed by atoms with Crippen molar-refractivity contribution in [2.45, 2.75) is 19.3 Å². The Labute approximate surface area is 105 Å². The fourth-order valence-corrected chi connectivity index (χ4v) is 2.05. The van der Waals surface area contributed by atoms with Gasteiger partial charge in [-0.15, -0.1) is 0 Å². The third-order valence-electron chi connectivity index (χ3n) is 2.83. The van der Waals surface area contributed by atoms with E-state index >= 15 is 0 Å². The number of aliphatic hydroxyl groups is 1. The summed E-state index contributed by atoms with van der Waals surface area (Å²) in [6.07, 6.45) is 0. The zero-order valence-electron chi connectivity index (χ0n) is 9.79. The van der Waals surface area contributed by atoms with E-state index < -0.39 is 5.41 Å². The Morgan fingerprint density at radius 2 is 2.00 bits per heavy atom. The lowest BCUT2D eigenvalue weighted by Gasteiger charge is -2.30. The van der Waals surface area contributed by atoms with E-state index in [0.29, 0.717) is 30.3 Å². The highest BCUT2D eigenvalue weighted by molar-refractivity contribution is 6.32. The average Bonchev–Trinajstić information content (AvgIpc) is 2.30. The Morgan fingerprint density at radius 3 is 2.65 bits per heavy atom. The monoisotopic (exact) mass is 258 g/mol. The maximum atomic E-state index is 10.0. The van der Waals surface area contributed by atoms with Gasteiger partial charge in [0.05, 0.1) is 11.6 Å². The van der Waals surface area contributed by atoms with Crippen LogP contribution in [0.2, 0.25) is 5.02 Å². The number of phenols is 1. The smallest absolute Gasteiger partial charge is 0.168 e. The lowest BCUT2D eigenvalue weighted by molar-refractivity contribution is 0.159. The summed E-state index contributed by atoms with van der Waals surface area (Å²) in [6.45, 7) is 4.35. The largest absolute Gasteiger partial charge is 0.506 e. The van der Waals surface area contributed by atoms with Gasteiger partial charge in [-0.2, -0.15) is 0 Å². The second-order valence-corrected chi connectivity index (χ2v) is 5.06. The highest BCUT2D eigenvalue weighted by Gasteiger charge is 2.32. The van der Waals surface area contributed by atoms with Crippen LogP contribution in [0.25, 0.3) is 0 Å². The predicted octanol–water partition coefficient (Wildman–Crippen LogP) is 2.09. The first-order chi connectivity index (χ1) is 7.97. The fraction of sp³-hybridized carbons (Fsp3) is 0.500. The van der Waals surface area contributed by atoms with E-state index in [2.05, 4.69) is 0 Å².